The highest BCUT2D eigenvalue weighted by atomic mass is 35.5. The molecule has 8 heteroatoms. The van der Waals surface area contributed by atoms with Crippen molar-refractivity contribution in [3.8, 4) is 0 Å². The normalized spacial score (nSPS) is 27.8. The molecule has 0 aromatic rings. The van der Waals surface area contributed by atoms with Crippen LogP contribution < -0.4 is 0 Å². The van der Waals surface area contributed by atoms with Crippen LogP contribution in [0.5, 0.6) is 0 Å². The molecule has 2 rings (SSSR count). The summed E-state index contributed by atoms with van der Waals surface area (Å²) in [6.07, 6.45) is 2.50. The Labute approximate surface area is 123 Å². The molecule has 0 bridgehead atoms. The summed E-state index contributed by atoms with van der Waals surface area (Å²) in [5.41, 5.74) is 0. The number of carbonyl (C=O) groups is 1. The van der Waals surface area contributed by atoms with Gasteiger partial charge in [-0.2, -0.15) is 0 Å². The molecular weight excluding hydrogens is 310 g/mol. The second kappa shape index (κ2) is 6.77. The Kier molecular flexibility index (Phi) is 5.55. The molecule has 1 unspecified atom stereocenters. The molecule has 2 aliphatic rings. The average molecular weight is 329 g/mol. The predicted octanol–water partition coefficient (Wildman–Crippen LogP) is 2.53. The van der Waals surface area contributed by atoms with Gasteiger partial charge < -0.3 is 4.52 Å². The minimum absolute atomic E-state index is 0.0314. The van der Waals surface area contributed by atoms with Gasteiger partial charge in [-0.1, -0.05) is 0 Å². The molecule has 19 heavy (non-hydrogen) atoms. The number of alkyl halides is 2. The third-order valence-electron chi connectivity index (χ3n) is 3.30. The first-order valence-electron chi connectivity index (χ1n) is 6.57. The fraction of sp³-hybridized carbons (Fsp3) is 0.909. The Morgan fingerprint density at radius 2 is 1.95 bits per heavy atom. The molecule has 1 heterocycles. The van der Waals surface area contributed by atoms with Crippen molar-refractivity contribution in [3.05, 3.63) is 0 Å². The maximum Gasteiger partial charge on any atom is 0.373 e. The molecule has 110 valence electrons. The zero-order valence-electron chi connectivity index (χ0n) is 10.8. The van der Waals surface area contributed by atoms with Crippen molar-refractivity contribution >= 4 is 36.8 Å². The molecule has 1 saturated carbocycles. The number of hydrogen-bond donors (Lipinski definition) is 0. The molecule has 1 atom stereocenters. The molecule has 1 aliphatic heterocycles. The Hall–Kier alpha value is 0.200. The van der Waals surface area contributed by atoms with E-state index in [4.69, 9.17) is 27.7 Å². The van der Waals surface area contributed by atoms with Crippen molar-refractivity contribution in [3.63, 3.8) is 0 Å². The largest absolute Gasteiger partial charge is 0.373 e. The molecule has 5 nitrogen and oxygen atoms in total. The first kappa shape index (κ1) is 15.6. The number of hydrogen-bond acceptors (Lipinski definition) is 3. The summed E-state index contributed by atoms with van der Waals surface area (Å²) >= 11 is 11.5. The van der Waals surface area contributed by atoms with E-state index >= 15 is 0 Å². The lowest BCUT2D eigenvalue weighted by atomic mass is 10.3. The monoisotopic (exact) mass is 328 g/mol. The maximum atomic E-state index is 13.1. The van der Waals surface area contributed by atoms with E-state index < -0.39 is 7.67 Å². The number of halogens is 2. The number of carbonyl (C=O) groups excluding carboxylic acids is 1. The highest BCUT2D eigenvalue weighted by Crippen LogP contribution is 2.57. The first-order valence-corrected chi connectivity index (χ1v) is 9.17. The molecule has 1 amide bonds. The van der Waals surface area contributed by atoms with Crippen molar-refractivity contribution in [1.82, 2.24) is 9.34 Å². The zero-order chi connectivity index (χ0) is 13.9. The van der Waals surface area contributed by atoms with Gasteiger partial charge in [0.1, 0.15) is 0 Å². The van der Waals surface area contributed by atoms with Crippen molar-refractivity contribution in [2.75, 3.05) is 38.0 Å². The van der Waals surface area contributed by atoms with Gasteiger partial charge in [0.2, 0.25) is 5.91 Å². The smallest absolute Gasteiger partial charge is 0.302 e. The number of rotatable bonds is 6. The van der Waals surface area contributed by atoms with Gasteiger partial charge in [0.25, 0.3) is 0 Å². The molecule has 1 saturated heterocycles. The SMILES string of the molecule is O=C(C1CC1)N1CCCOP1(=O)N(CCCl)CCCl. The van der Waals surface area contributed by atoms with E-state index in [1.165, 1.54) is 4.67 Å². The van der Waals surface area contributed by atoms with Gasteiger partial charge in [-0.3, -0.25) is 9.46 Å². The molecule has 0 aromatic carbocycles. The highest BCUT2D eigenvalue weighted by Gasteiger charge is 2.47. The predicted molar refractivity (Wildman–Crippen MR) is 75.6 cm³/mol. The second-order valence-electron chi connectivity index (χ2n) is 4.74. The van der Waals surface area contributed by atoms with Crippen molar-refractivity contribution in [2.24, 2.45) is 5.92 Å². The Morgan fingerprint density at radius 3 is 2.47 bits per heavy atom. The van der Waals surface area contributed by atoms with Crippen LogP contribution in [0.15, 0.2) is 0 Å². The summed E-state index contributed by atoms with van der Waals surface area (Å²) in [6, 6.07) is 0. The van der Waals surface area contributed by atoms with Crippen LogP contribution in [0.3, 0.4) is 0 Å². The number of amides is 1. The maximum absolute atomic E-state index is 13.1. The van der Waals surface area contributed by atoms with Crippen molar-refractivity contribution in [2.45, 2.75) is 19.3 Å². The van der Waals surface area contributed by atoms with Gasteiger partial charge in [-0.15, -0.1) is 23.2 Å². The lowest BCUT2D eigenvalue weighted by Gasteiger charge is -2.40. The minimum Gasteiger partial charge on any atom is -0.302 e. The summed E-state index contributed by atoms with van der Waals surface area (Å²) in [7, 11) is -3.29. The van der Waals surface area contributed by atoms with E-state index in [-0.39, 0.29) is 11.8 Å². The van der Waals surface area contributed by atoms with E-state index in [1.54, 1.807) is 4.67 Å². The molecule has 1 aliphatic carbocycles. The Bertz CT molecular complexity index is 373. The molecule has 0 aromatic heterocycles. The van der Waals surface area contributed by atoms with Crippen LogP contribution in [0.25, 0.3) is 0 Å². The van der Waals surface area contributed by atoms with Gasteiger partial charge in [0.15, 0.2) is 0 Å². The third kappa shape index (κ3) is 3.45. The highest BCUT2D eigenvalue weighted by molar-refractivity contribution is 7.54. The Morgan fingerprint density at radius 1 is 1.32 bits per heavy atom. The Balaban J connectivity index is 2.18. The molecule has 0 spiro atoms. The van der Waals surface area contributed by atoms with Gasteiger partial charge >= 0.3 is 7.67 Å². The molecule has 0 radical (unpaired) electrons. The zero-order valence-corrected chi connectivity index (χ0v) is 13.2. The van der Waals surface area contributed by atoms with Crippen molar-refractivity contribution < 1.29 is 13.9 Å². The van der Waals surface area contributed by atoms with Crippen molar-refractivity contribution in [1.29, 1.82) is 0 Å². The van der Waals surface area contributed by atoms with Crippen LogP contribution in [0, 0.1) is 5.92 Å². The minimum atomic E-state index is -3.29. The average Bonchev–Trinajstić information content (AvgIpc) is 3.22. The van der Waals surface area contributed by atoms with Gasteiger partial charge in [0.05, 0.1) is 6.61 Å². The van der Waals surface area contributed by atoms with Crippen LogP contribution in [-0.4, -0.2) is 53.2 Å². The summed E-state index contributed by atoms with van der Waals surface area (Å²) in [5.74, 6) is 0.645. The number of nitrogens with zero attached hydrogens (tertiary/aromatic N) is 2. The quantitative estimate of drug-likeness (QED) is 0.555. The van der Waals surface area contributed by atoms with Gasteiger partial charge in [0, 0.05) is 37.3 Å². The molecular formula is C11H19Cl2N2O3P. The topological polar surface area (TPSA) is 49.9 Å². The first-order chi connectivity index (χ1) is 9.13. The van der Waals surface area contributed by atoms with Crippen LogP contribution in [0.4, 0.5) is 0 Å². The van der Waals surface area contributed by atoms with E-state index in [2.05, 4.69) is 0 Å². The van der Waals surface area contributed by atoms with E-state index in [9.17, 15) is 9.36 Å². The van der Waals surface area contributed by atoms with E-state index in [0.29, 0.717) is 38.0 Å². The fourth-order valence-corrected chi connectivity index (χ4v) is 5.29. The third-order valence-corrected chi connectivity index (χ3v) is 6.28. The lowest BCUT2D eigenvalue weighted by molar-refractivity contribution is -0.129. The van der Waals surface area contributed by atoms with Crippen LogP contribution in [0.1, 0.15) is 19.3 Å². The molecule has 2 fully saturated rings. The second-order valence-corrected chi connectivity index (χ2v) is 7.79. The lowest BCUT2D eigenvalue weighted by Crippen LogP contribution is -2.42. The summed E-state index contributed by atoms with van der Waals surface area (Å²) in [4.78, 5) is 12.3. The fourth-order valence-electron chi connectivity index (χ4n) is 2.16. The summed E-state index contributed by atoms with van der Waals surface area (Å²) < 4.78 is 21.7. The van der Waals surface area contributed by atoms with Crippen LogP contribution >= 0.6 is 30.9 Å². The summed E-state index contributed by atoms with van der Waals surface area (Å²) in [6.45, 7) is 1.71. The standard InChI is InChI=1S/C11H19Cl2N2O3P/c12-4-7-14(8-5-13)19(17)15(6-1-9-18-19)11(16)10-2-3-10/h10H,1-9H2. The van der Waals surface area contributed by atoms with Crippen LogP contribution in [-0.2, 0) is 13.9 Å². The van der Waals surface area contributed by atoms with Crippen LogP contribution in [0.2, 0.25) is 0 Å². The van der Waals surface area contributed by atoms with E-state index in [1.807, 2.05) is 0 Å². The molecule has 0 N–H and O–H groups in total. The van der Waals surface area contributed by atoms with Gasteiger partial charge in [-0.05, 0) is 19.3 Å². The van der Waals surface area contributed by atoms with E-state index in [0.717, 1.165) is 19.3 Å². The van der Waals surface area contributed by atoms with Gasteiger partial charge in [-0.25, -0.2) is 9.24 Å². The summed E-state index contributed by atoms with van der Waals surface area (Å²) in [5, 5.41) is 0.